The number of unbranched alkanes of at least 4 members (excludes halogenated alkanes) is 5. The maximum absolute atomic E-state index is 12.7. The molecule has 0 aliphatic rings. The Balaban J connectivity index is 2.10. The minimum absolute atomic E-state index is 0.00686. The molecule has 0 saturated carbocycles. The van der Waals surface area contributed by atoms with Crippen molar-refractivity contribution in [3.63, 3.8) is 0 Å². The molecule has 0 aromatic heterocycles. The van der Waals surface area contributed by atoms with Gasteiger partial charge in [0.05, 0.1) is 6.61 Å². The second-order valence-electron chi connectivity index (χ2n) is 7.67. The fourth-order valence-electron chi connectivity index (χ4n) is 3.21. The zero-order valence-corrected chi connectivity index (χ0v) is 19.4. The summed E-state index contributed by atoms with van der Waals surface area (Å²) in [5, 5.41) is 12.9. The number of amides is 1. The van der Waals surface area contributed by atoms with Crippen LogP contribution >= 0.6 is 11.6 Å². The molecule has 1 N–H and O–H groups in total. The molecular formula is C26H31ClN2O2. The molecular weight excluding hydrogens is 408 g/mol. The maximum atomic E-state index is 12.7. The summed E-state index contributed by atoms with van der Waals surface area (Å²) in [4.78, 5) is 12.7. The third-order valence-electron chi connectivity index (χ3n) is 5.25. The average Bonchev–Trinajstić information content (AvgIpc) is 2.75. The molecule has 0 aliphatic heterocycles. The fourth-order valence-corrected chi connectivity index (χ4v) is 3.39. The lowest BCUT2D eigenvalue weighted by Gasteiger charge is -2.12. The van der Waals surface area contributed by atoms with E-state index in [9.17, 15) is 10.1 Å². The number of nitrogens with zero attached hydrogens (tertiary/aromatic N) is 1. The minimum Gasteiger partial charge on any atom is -0.493 e. The molecule has 0 bridgehead atoms. The summed E-state index contributed by atoms with van der Waals surface area (Å²) in [5.74, 6) is 0.156. The van der Waals surface area contributed by atoms with E-state index in [0.717, 1.165) is 24.0 Å². The van der Waals surface area contributed by atoms with Crippen LogP contribution in [0.4, 0.5) is 5.69 Å². The topological polar surface area (TPSA) is 62.1 Å². The predicted molar refractivity (Wildman–Crippen MR) is 128 cm³/mol. The van der Waals surface area contributed by atoms with Gasteiger partial charge in [0.25, 0.3) is 5.91 Å². The van der Waals surface area contributed by atoms with E-state index in [-0.39, 0.29) is 5.57 Å². The van der Waals surface area contributed by atoms with Crippen LogP contribution in [-0.2, 0) is 4.79 Å². The Kier molecular flexibility index (Phi) is 10.1. The van der Waals surface area contributed by atoms with E-state index in [1.165, 1.54) is 31.8 Å². The van der Waals surface area contributed by atoms with E-state index in [0.29, 0.717) is 28.6 Å². The largest absolute Gasteiger partial charge is 0.493 e. The lowest BCUT2D eigenvalue weighted by Crippen LogP contribution is -2.14. The number of benzene rings is 2. The number of ether oxygens (including phenoxy) is 1. The monoisotopic (exact) mass is 438 g/mol. The molecule has 2 rings (SSSR count). The molecule has 2 aromatic rings. The van der Waals surface area contributed by atoms with Crippen molar-refractivity contribution in [1.82, 2.24) is 0 Å². The Morgan fingerprint density at radius 3 is 2.61 bits per heavy atom. The van der Waals surface area contributed by atoms with Crippen LogP contribution in [0.2, 0.25) is 5.02 Å². The van der Waals surface area contributed by atoms with Crippen LogP contribution in [0.15, 0.2) is 42.0 Å². The van der Waals surface area contributed by atoms with Crippen molar-refractivity contribution < 1.29 is 9.53 Å². The van der Waals surface area contributed by atoms with Crippen molar-refractivity contribution in [1.29, 1.82) is 5.26 Å². The molecule has 0 saturated heterocycles. The fraction of sp³-hybridized carbons (Fsp3) is 0.385. The predicted octanol–water partition coefficient (Wildman–Crippen LogP) is 7.24. The second kappa shape index (κ2) is 12.8. The van der Waals surface area contributed by atoms with Crippen molar-refractivity contribution in [2.45, 2.75) is 59.3 Å². The molecule has 31 heavy (non-hydrogen) atoms. The number of aryl methyl sites for hydroxylation is 1. The van der Waals surface area contributed by atoms with E-state index in [4.69, 9.17) is 16.3 Å². The van der Waals surface area contributed by atoms with Crippen molar-refractivity contribution in [2.24, 2.45) is 0 Å². The molecule has 0 heterocycles. The zero-order chi connectivity index (χ0) is 22.6. The summed E-state index contributed by atoms with van der Waals surface area (Å²) in [7, 11) is 0. The van der Waals surface area contributed by atoms with Crippen LogP contribution in [0.25, 0.3) is 6.08 Å². The third kappa shape index (κ3) is 7.77. The highest BCUT2D eigenvalue weighted by atomic mass is 35.5. The molecule has 4 nitrogen and oxygen atoms in total. The Morgan fingerprint density at radius 1 is 1.13 bits per heavy atom. The summed E-state index contributed by atoms with van der Waals surface area (Å²) < 4.78 is 5.93. The zero-order valence-electron chi connectivity index (χ0n) is 18.6. The first-order chi connectivity index (χ1) is 15.0. The van der Waals surface area contributed by atoms with Gasteiger partial charge in [-0.05, 0) is 61.7 Å². The van der Waals surface area contributed by atoms with Gasteiger partial charge in [-0.25, -0.2) is 0 Å². The number of carbonyl (C=O) groups is 1. The van der Waals surface area contributed by atoms with E-state index in [1.54, 1.807) is 18.2 Å². The molecule has 0 atom stereocenters. The number of anilines is 1. The average molecular weight is 439 g/mol. The number of rotatable bonds is 11. The summed E-state index contributed by atoms with van der Waals surface area (Å²) in [6.45, 7) is 6.71. The molecule has 0 spiro atoms. The number of hydrogen-bond acceptors (Lipinski definition) is 3. The van der Waals surface area contributed by atoms with E-state index in [1.807, 2.05) is 38.1 Å². The summed E-state index contributed by atoms with van der Waals surface area (Å²) in [5.41, 5.74) is 3.34. The molecule has 0 radical (unpaired) electrons. The molecule has 164 valence electrons. The minimum atomic E-state index is -0.460. The quantitative estimate of drug-likeness (QED) is 0.228. The van der Waals surface area contributed by atoms with Gasteiger partial charge in [-0.15, -0.1) is 0 Å². The SMILES string of the molecule is CCCCCCCCOc1ccc(Cl)cc1/C=C(/C#N)C(=O)Nc1cccc(C)c1C. The molecule has 5 heteroatoms. The van der Waals surface area contributed by atoms with Crippen LogP contribution in [0.1, 0.15) is 62.1 Å². The van der Waals surface area contributed by atoms with Gasteiger partial charge in [-0.1, -0.05) is 62.8 Å². The molecule has 1 amide bonds. The van der Waals surface area contributed by atoms with Gasteiger partial charge in [-0.2, -0.15) is 5.26 Å². The number of carbonyl (C=O) groups excluding carboxylic acids is 1. The molecule has 2 aromatic carbocycles. The van der Waals surface area contributed by atoms with E-state index < -0.39 is 5.91 Å². The molecule has 0 unspecified atom stereocenters. The Labute approximate surface area is 190 Å². The van der Waals surface area contributed by atoms with Crippen molar-refractivity contribution in [3.05, 3.63) is 63.7 Å². The highest BCUT2D eigenvalue weighted by Crippen LogP contribution is 2.26. The van der Waals surface area contributed by atoms with Crippen LogP contribution in [0, 0.1) is 25.2 Å². The van der Waals surface area contributed by atoms with Gasteiger partial charge in [0.2, 0.25) is 0 Å². The van der Waals surface area contributed by atoms with Gasteiger partial charge >= 0.3 is 0 Å². The number of halogens is 1. The Morgan fingerprint density at radius 2 is 1.87 bits per heavy atom. The van der Waals surface area contributed by atoms with E-state index >= 15 is 0 Å². The lowest BCUT2D eigenvalue weighted by molar-refractivity contribution is -0.112. The van der Waals surface area contributed by atoms with Gasteiger partial charge < -0.3 is 10.1 Å². The van der Waals surface area contributed by atoms with Gasteiger partial charge in [0.15, 0.2) is 0 Å². The van der Waals surface area contributed by atoms with Crippen LogP contribution in [-0.4, -0.2) is 12.5 Å². The van der Waals surface area contributed by atoms with Gasteiger partial charge in [0.1, 0.15) is 17.4 Å². The van der Waals surface area contributed by atoms with Crippen LogP contribution < -0.4 is 10.1 Å². The number of nitrogens with one attached hydrogen (secondary N) is 1. The van der Waals surface area contributed by atoms with Gasteiger partial charge in [-0.3, -0.25) is 4.79 Å². The van der Waals surface area contributed by atoms with Crippen LogP contribution in [0.3, 0.4) is 0 Å². The Hall–Kier alpha value is -2.77. The summed E-state index contributed by atoms with van der Waals surface area (Å²) in [6, 6.07) is 12.9. The first-order valence-electron chi connectivity index (χ1n) is 10.9. The molecule has 0 fully saturated rings. The standard InChI is InChI=1S/C26H31ClN2O2/c1-4-5-6-7-8-9-15-31-25-14-13-23(27)17-21(25)16-22(18-28)26(30)29-24-12-10-11-19(2)20(24)3/h10-14,16-17H,4-9,15H2,1-3H3,(H,29,30)/b22-16-. The summed E-state index contributed by atoms with van der Waals surface area (Å²) >= 11 is 6.15. The second-order valence-corrected chi connectivity index (χ2v) is 8.11. The van der Waals surface area contributed by atoms with Crippen LogP contribution in [0.5, 0.6) is 5.75 Å². The maximum Gasteiger partial charge on any atom is 0.266 e. The van der Waals surface area contributed by atoms with Crippen molar-refractivity contribution >= 4 is 29.3 Å². The number of hydrogen-bond donors (Lipinski definition) is 1. The van der Waals surface area contributed by atoms with Crippen molar-refractivity contribution in [3.8, 4) is 11.8 Å². The highest BCUT2D eigenvalue weighted by molar-refractivity contribution is 6.30. The third-order valence-corrected chi connectivity index (χ3v) is 5.48. The molecule has 0 aliphatic carbocycles. The first kappa shape index (κ1) is 24.5. The van der Waals surface area contributed by atoms with Gasteiger partial charge in [0, 0.05) is 16.3 Å². The summed E-state index contributed by atoms with van der Waals surface area (Å²) in [6.07, 6.45) is 8.59. The number of nitriles is 1. The lowest BCUT2D eigenvalue weighted by atomic mass is 10.1. The normalized spacial score (nSPS) is 11.1. The highest BCUT2D eigenvalue weighted by Gasteiger charge is 2.13. The smallest absolute Gasteiger partial charge is 0.266 e. The van der Waals surface area contributed by atoms with Crippen molar-refractivity contribution in [2.75, 3.05) is 11.9 Å². The van der Waals surface area contributed by atoms with E-state index in [2.05, 4.69) is 12.2 Å². The Bertz CT molecular complexity index is 960. The first-order valence-corrected chi connectivity index (χ1v) is 11.3.